The van der Waals surface area contributed by atoms with Gasteiger partial charge in [-0.05, 0) is 33.1 Å². The molecule has 0 spiro atoms. The van der Waals surface area contributed by atoms with Crippen molar-refractivity contribution in [2.45, 2.75) is 39.5 Å². The maximum Gasteiger partial charge on any atom is 0.236 e. The first-order valence-corrected chi connectivity index (χ1v) is 9.24. The number of carbonyl (C=O) groups is 2. The predicted molar refractivity (Wildman–Crippen MR) is 93.1 cm³/mol. The molecule has 0 aliphatic carbocycles. The Morgan fingerprint density at radius 2 is 1.60 bits per heavy atom. The molecule has 0 radical (unpaired) electrons. The number of piperazine rings is 1. The minimum atomic E-state index is 0.172. The van der Waals surface area contributed by atoms with E-state index in [0.717, 1.165) is 56.0 Å². The molecule has 138 valence electrons. The number of aryl methyl sites for hydroxylation is 2. The van der Waals surface area contributed by atoms with Crippen molar-refractivity contribution in [1.82, 2.24) is 19.9 Å². The highest BCUT2D eigenvalue weighted by molar-refractivity contribution is 5.79. The highest BCUT2D eigenvalue weighted by atomic mass is 16.5. The highest BCUT2D eigenvalue weighted by Crippen LogP contribution is 2.15. The van der Waals surface area contributed by atoms with Crippen LogP contribution in [0.15, 0.2) is 4.52 Å². The van der Waals surface area contributed by atoms with Gasteiger partial charge in [-0.25, -0.2) is 0 Å². The summed E-state index contributed by atoms with van der Waals surface area (Å²) in [6.45, 7) is 9.04. The largest absolute Gasteiger partial charge is 0.361 e. The number of likely N-dealkylation sites (tertiary alicyclic amines) is 1. The number of hydrogen-bond acceptors (Lipinski definition) is 5. The molecular weight excluding hydrogens is 320 g/mol. The molecule has 1 aromatic heterocycles. The summed E-state index contributed by atoms with van der Waals surface area (Å²) >= 11 is 0. The Labute approximate surface area is 148 Å². The number of carbonyl (C=O) groups excluding carboxylic acids is 2. The molecule has 1 aromatic rings. The summed E-state index contributed by atoms with van der Waals surface area (Å²) in [5.41, 5.74) is 1.92. The number of rotatable bonds is 5. The summed E-state index contributed by atoms with van der Waals surface area (Å²) in [5, 5.41) is 3.93. The van der Waals surface area contributed by atoms with E-state index >= 15 is 0 Å². The molecule has 7 heteroatoms. The van der Waals surface area contributed by atoms with Crippen LogP contribution in [0.4, 0.5) is 0 Å². The summed E-state index contributed by atoms with van der Waals surface area (Å²) in [5.74, 6) is 1.21. The summed E-state index contributed by atoms with van der Waals surface area (Å²) in [7, 11) is 0. The Kier molecular flexibility index (Phi) is 5.73. The molecule has 2 aliphatic heterocycles. The molecule has 2 fully saturated rings. The zero-order valence-electron chi connectivity index (χ0n) is 15.3. The first-order valence-electron chi connectivity index (χ1n) is 9.24. The van der Waals surface area contributed by atoms with E-state index in [1.165, 1.54) is 0 Å². The van der Waals surface area contributed by atoms with Crippen molar-refractivity contribution in [3.8, 4) is 0 Å². The van der Waals surface area contributed by atoms with Crippen molar-refractivity contribution in [1.29, 1.82) is 0 Å². The second-order valence-electron chi connectivity index (χ2n) is 7.05. The van der Waals surface area contributed by atoms with E-state index in [4.69, 9.17) is 4.52 Å². The molecule has 3 heterocycles. The molecule has 2 amide bonds. The van der Waals surface area contributed by atoms with E-state index < -0.39 is 0 Å². The van der Waals surface area contributed by atoms with Gasteiger partial charge in [-0.15, -0.1) is 0 Å². The normalized spacial score (nSPS) is 18.8. The Hall–Kier alpha value is -1.89. The molecule has 0 unspecified atom stereocenters. The first kappa shape index (κ1) is 17.9. The third-order valence-electron chi connectivity index (χ3n) is 5.31. The van der Waals surface area contributed by atoms with E-state index in [2.05, 4.69) is 10.1 Å². The minimum absolute atomic E-state index is 0.172. The van der Waals surface area contributed by atoms with Crippen molar-refractivity contribution in [2.24, 2.45) is 0 Å². The van der Waals surface area contributed by atoms with E-state index in [1.54, 1.807) is 0 Å². The zero-order chi connectivity index (χ0) is 17.8. The summed E-state index contributed by atoms with van der Waals surface area (Å²) < 4.78 is 5.15. The lowest BCUT2D eigenvalue weighted by molar-refractivity contribution is -0.134. The fourth-order valence-electron chi connectivity index (χ4n) is 3.66. The Balaban J connectivity index is 1.40. The minimum Gasteiger partial charge on any atom is -0.361 e. The van der Waals surface area contributed by atoms with Gasteiger partial charge >= 0.3 is 0 Å². The van der Waals surface area contributed by atoms with Gasteiger partial charge in [-0.3, -0.25) is 14.5 Å². The van der Waals surface area contributed by atoms with E-state index in [0.29, 0.717) is 32.5 Å². The number of amides is 2. The molecule has 0 N–H and O–H groups in total. The number of nitrogens with zero attached hydrogens (tertiary/aromatic N) is 4. The third kappa shape index (κ3) is 4.39. The first-order chi connectivity index (χ1) is 12.0. The molecule has 0 atom stereocenters. The maximum absolute atomic E-state index is 12.4. The second kappa shape index (κ2) is 7.99. The van der Waals surface area contributed by atoms with Gasteiger partial charge in [0.15, 0.2) is 0 Å². The SMILES string of the molecule is Cc1noc(C)c1CCC(=O)N1CCN(CC(=O)N2CCCC2)CC1. The van der Waals surface area contributed by atoms with Crippen LogP contribution in [-0.4, -0.2) is 77.5 Å². The lowest BCUT2D eigenvalue weighted by atomic mass is 10.1. The topological polar surface area (TPSA) is 69.9 Å². The second-order valence-corrected chi connectivity index (χ2v) is 7.05. The lowest BCUT2D eigenvalue weighted by Crippen LogP contribution is -2.51. The van der Waals surface area contributed by atoms with Gasteiger partial charge in [0.25, 0.3) is 0 Å². The average molecular weight is 348 g/mol. The smallest absolute Gasteiger partial charge is 0.236 e. The molecule has 0 aromatic carbocycles. The standard InChI is InChI=1S/C18H28N4O3/c1-14-16(15(2)25-19-14)5-6-17(23)22-11-9-20(10-12-22)13-18(24)21-7-3-4-8-21/h3-13H2,1-2H3. The van der Waals surface area contributed by atoms with Gasteiger partial charge < -0.3 is 14.3 Å². The van der Waals surface area contributed by atoms with Crippen LogP contribution in [0, 0.1) is 13.8 Å². The van der Waals surface area contributed by atoms with E-state index in [9.17, 15) is 9.59 Å². The van der Waals surface area contributed by atoms with Crippen molar-refractivity contribution in [3.05, 3.63) is 17.0 Å². The molecule has 0 bridgehead atoms. The number of aromatic nitrogens is 1. The maximum atomic E-state index is 12.4. The van der Waals surface area contributed by atoms with Crippen LogP contribution in [0.25, 0.3) is 0 Å². The fraction of sp³-hybridized carbons (Fsp3) is 0.722. The monoisotopic (exact) mass is 348 g/mol. The highest BCUT2D eigenvalue weighted by Gasteiger charge is 2.25. The number of hydrogen-bond donors (Lipinski definition) is 0. The summed E-state index contributed by atoms with van der Waals surface area (Å²) in [6, 6.07) is 0. The lowest BCUT2D eigenvalue weighted by Gasteiger charge is -2.35. The van der Waals surface area contributed by atoms with Crippen LogP contribution in [0.1, 0.15) is 36.3 Å². The van der Waals surface area contributed by atoms with Gasteiger partial charge in [0, 0.05) is 51.3 Å². The Bertz CT molecular complexity index is 594. The molecule has 3 rings (SSSR count). The van der Waals surface area contributed by atoms with Crippen LogP contribution in [-0.2, 0) is 16.0 Å². The molecule has 7 nitrogen and oxygen atoms in total. The molecule has 2 saturated heterocycles. The van der Waals surface area contributed by atoms with Gasteiger partial charge in [0.1, 0.15) is 5.76 Å². The van der Waals surface area contributed by atoms with E-state index in [-0.39, 0.29) is 11.8 Å². The van der Waals surface area contributed by atoms with Gasteiger partial charge in [0.2, 0.25) is 11.8 Å². The van der Waals surface area contributed by atoms with Gasteiger partial charge in [-0.1, -0.05) is 5.16 Å². The predicted octanol–water partition coefficient (Wildman–Crippen LogP) is 0.991. The van der Waals surface area contributed by atoms with Crippen LogP contribution < -0.4 is 0 Å². The molecule has 25 heavy (non-hydrogen) atoms. The molecular formula is C18H28N4O3. The van der Waals surface area contributed by atoms with Gasteiger partial charge in [-0.2, -0.15) is 0 Å². The Morgan fingerprint density at radius 3 is 2.20 bits per heavy atom. The van der Waals surface area contributed by atoms with Gasteiger partial charge in [0.05, 0.1) is 12.2 Å². The quantitative estimate of drug-likeness (QED) is 0.794. The fourth-order valence-corrected chi connectivity index (χ4v) is 3.66. The van der Waals surface area contributed by atoms with Crippen molar-refractivity contribution >= 4 is 11.8 Å². The summed E-state index contributed by atoms with van der Waals surface area (Å²) in [4.78, 5) is 30.7. The van der Waals surface area contributed by atoms with Crippen molar-refractivity contribution in [2.75, 3.05) is 45.8 Å². The van der Waals surface area contributed by atoms with E-state index in [1.807, 2.05) is 23.6 Å². The zero-order valence-corrected chi connectivity index (χ0v) is 15.3. The van der Waals surface area contributed by atoms with Crippen molar-refractivity contribution in [3.63, 3.8) is 0 Å². The van der Waals surface area contributed by atoms with Crippen LogP contribution in [0.3, 0.4) is 0 Å². The summed E-state index contributed by atoms with van der Waals surface area (Å²) in [6.07, 6.45) is 3.40. The Morgan fingerprint density at radius 1 is 0.960 bits per heavy atom. The van der Waals surface area contributed by atoms with Crippen LogP contribution in [0.5, 0.6) is 0 Å². The third-order valence-corrected chi connectivity index (χ3v) is 5.31. The molecule has 2 aliphatic rings. The van der Waals surface area contributed by atoms with Crippen molar-refractivity contribution < 1.29 is 14.1 Å². The van der Waals surface area contributed by atoms with Crippen LogP contribution >= 0.6 is 0 Å². The average Bonchev–Trinajstić information content (AvgIpc) is 3.24. The molecule has 0 saturated carbocycles. The van der Waals surface area contributed by atoms with Crippen LogP contribution in [0.2, 0.25) is 0 Å².